The minimum Gasteiger partial charge on any atom is -0.489 e. The number of ether oxygens (including phenoxy) is 1. The van der Waals surface area contributed by atoms with Crippen molar-refractivity contribution in [2.45, 2.75) is 13.5 Å². The smallest absolute Gasteiger partial charge is 0.255 e. The Morgan fingerprint density at radius 1 is 1.19 bits per heavy atom. The largest absolute Gasteiger partial charge is 0.489 e. The molecule has 0 spiro atoms. The Morgan fingerprint density at radius 2 is 2.00 bits per heavy atom. The first-order valence-electron chi connectivity index (χ1n) is 8.89. The zero-order chi connectivity index (χ0) is 18.8. The quantitative estimate of drug-likeness (QED) is 0.769. The number of hydrogen-bond acceptors (Lipinski definition) is 5. The van der Waals surface area contributed by atoms with E-state index >= 15 is 0 Å². The molecule has 0 unspecified atom stereocenters. The maximum atomic E-state index is 12.9. The van der Waals surface area contributed by atoms with Crippen LogP contribution in [0.15, 0.2) is 53.1 Å². The summed E-state index contributed by atoms with van der Waals surface area (Å²) in [5, 5.41) is 6.83. The number of benzene rings is 2. The molecule has 0 saturated carbocycles. The third-order valence-electron chi connectivity index (χ3n) is 4.61. The third-order valence-corrected chi connectivity index (χ3v) is 4.61. The predicted molar refractivity (Wildman–Crippen MR) is 103 cm³/mol. The average Bonchev–Trinajstić information content (AvgIpc) is 3.12. The molecule has 0 radical (unpaired) electrons. The lowest BCUT2D eigenvalue weighted by Crippen LogP contribution is -2.31. The topological polar surface area (TPSA) is 67.6 Å². The van der Waals surface area contributed by atoms with Gasteiger partial charge in [-0.15, -0.1) is 0 Å². The molecule has 1 aliphatic heterocycles. The molecule has 2 heterocycles. The first-order valence-corrected chi connectivity index (χ1v) is 8.89. The number of likely N-dealkylation sites (N-methyl/N-ethyl adjacent to an activating group) is 1. The third kappa shape index (κ3) is 3.51. The van der Waals surface area contributed by atoms with E-state index in [1.807, 2.05) is 50.4 Å². The predicted octanol–water partition coefficient (Wildman–Crippen LogP) is 3.41. The van der Waals surface area contributed by atoms with Crippen molar-refractivity contribution >= 4 is 11.6 Å². The molecule has 2 aromatic carbocycles. The number of amides is 1. The zero-order valence-electron chi connectivity index (χ0n) is 15.4. The van der Waals surface area contributed by atoms with E-state index in [2.05, 4.69) is 21.4 Å². The minimum atomic E-state index is -0.194. The van der Waals surface area contributed by atoms with Crippen molar-refractivity contribution in [2.75, 3.05) is 25.1 Å². The number of fused-ring (bicyclic) bond motifs is 1. The molecule has 4 rings (SSSR count). The first-order chi connectivity index (χ1) is 13.1. The number of aryl methyl sites for hydroxylation is 1. The molecule has 0 fully saturated rings. The van der Waals surface area contributed by atoms with Gasteiger partial charge in [0.2, 0.25) is 0 Å². The molecule has 1 aliphatic rings. The Kier molecular flexibility index (Phi) is 4.54. The van der Waals surface area contributed by atoms with Crippen LogP contribution in [0.2, 0.25) is 0 Å². The molecule has 0 atom stereocenters. The molecular formula is C21H21N3O3. The number of nitrogens with zero attached hydrogens (tertiary/aromatic N) is 2. The summed E-state index contributed by atoms with van der Waals surface area (Å²) < 4.78 is 10.9. The lowest BCUT2D eigenvalue weighted by Gasteiger charge is -2.29. The monoisotopic (exact) mass is 363 g/mol. The molecule has 1 N–H and O–H groups in total. The molecule has 0 aliphatic carbocycles. The molecule has 1 aromatic heterocycles. The fourth-order valence-electron chi connectivity index (χ4n) is 3.19. The lowest BCUT2D eigenvalue weighted by molar-refractivity contribution is 0.0946. The fraction of sp³-hybridized carbons (Fsp3) is 0.238. The summed E-state index contributed by atoms with van der Waals surface area (Å²) in [6, 6.07) is 15.8. The highest BCUT2D eigenvalue weighted by Gasteiger charge is 2.24. The van der Waals surface area contributed by atoms with Crippen LogP contribution in [0, 0.1) is 6.92 Å². The number of carbonyl (C=O) groups is 1. The molecule has 0 bridgehead atoms. The van der Waals surface area contributed by atoms with E-state index in [9.17, 15) is 4.79 Å². The summed E-state index contributed by atoms with van der Waals surface area (Å²) in [4.78, 5) is 15.0. The van der Waals surface area contributed by atoms with Crippen molar-refractivity contribution < 1.29 is 14.1 Å². The molecule has 6 nitrogen and oxygen atoms in total. The van der Waals surface area contributed by atoms with Crippen LogP contribution in [0.25, 0.3) is 11.1 Å². The van der Waals surface area contributed by atoms with Gasteiger partial charge in [0.25, 0.3) is 5.91 Å². The highest BCUT2D eigenvalue weighted by Crippen LogP contribution is 2.38. The van der Waals surface area contributed by atoms with Gasteiger partial charge in [-0.1, -0.05) is 35.5 Å². The average molecular weight is 363 g/mol. The van der Waals surface area contributed by atoms with Crippen molar-refractivity contribution in [1.29, 1.82) is 0 Å². The molecule has 3 aromatic rings. The van der Waals surface area contributed by atoms with Crippen LogP contribution in [0.4, 0.5) is 5.69 Å². The maximum absolute atomic E-state index is 12.9. The highest BCUT2D eigenvalue weighted by molar-refractivity contribution is 6.00. The lowest BCUT2D eigenvalue weighted by atomic mass is 9.99. The first kappa shape index (κ1) is 17.1. The van der Waals surface area contributed by atoms with E-state index in [-0.39, 0.29) is 5.91 Å². The zero-order valence-corrected chi connectivity index (χ0v) is 15.4. The van der Waals surface area contributed by atoms with Crippen LogP contribution in [0.3, 0.4) is 0 Å². The second-order valence-corrected chi connectivity index (χ2v) is 6.62. The summed E-state index contributed by atoms with van der Waals surface area (Å²) in [5.41, 5.74) is 4.17. The minimum absolute atomic E-state index is 0.194. The summed E-state index contributed by atoms with van der Waals surface area (Å²) in [6.45, 7) is 3.46. The Morgan fingerprint density at radius 3 is 2.74 bits per heavy atom. The number of anilines is 1. The van der Waals surface area contributed by atoms with Gasteiger partial charge in [0.05, 0.1) is 24.3 Å². The number of nitrogens with one attached hydrogen (secondary N) is 1. The highest BCUT2D eigenvalue weighted by atomic mass is 16.5. The van der Waals surface area contributed by atoms with Crippen LogP contribution in [0.1, 0.15) is 21.8 Å². The number of aromatic nitrogens is 1. The standard InChI is InChI=1S/C21H21N3O3/c1-14-10-17(23-27-14)13-22-21(25)18-11-16(15-6-4-3-5-7-15)12-19-20(18)26-9-8-24(19)2/h3-7,10-12H,8-9,13H2,1-2H3,(H,22,25). The summed E-state index contributed by atoms with van der Waals surface area (Å²) in [5.74, 6) is 1.14. The normalized spacial score (nSPS) is 13.0. The van der Waals surface area contributed by atoms with E-state index in [0.717, 1.165) is 23.4 Å². The molecule has 0 saturated heterocycles. The van der Waals surface area contributed by atoms with Gasteiger partial charge in [0.1, 0.15) is 18.1 Å². The fourth-order valence-corrected chi connectivity index (χ4v) is 3.19. The summed E-state index contributed by atoms with van der Waals surface area (Å²) >= 11 is 0. The van der Waals surface area contributed by atoms with Crippen molar-refractivity contribution in [3.8, 4) is 16.9 Å². The van der Waals surface area contributed by atoms with Crippen molar-refractivity contribution in [3.63, 3.8) is 0 Å². The molecule has 138 valence electrons. The Labute approximate surface area is 157 Å². The second kappa shape index (κ2) is 7.15. The van der Waals surface area contributed by atoms with Gasteiger partial charge < -0.3 is 19.5 Å². The SMILES string of the molecule is Cc1cc(CNC(=O)c2cc(-c3ccccc3)cc3c2OCCN3C)no1. The van der Waals surface area contributed by atoms with Gasteiger partial charge in [-0.25, -0.2) is 0 Å². The van der Waals surface area contributed by atoms with Crippen molar-refractivity contribution in [3.05, 3.63) is 65.5 Å². The van der Waals surface area contributed by atoms with E-state index in [4.69, 9.17) is 9.26 Å². The number of hydrogen-bond donors (Lipinski definition) is 1. The summed E-state index contributed by atoms with van der Waals surface area (Å²) in [6.07, 6.45) is 0. The number of carbonyl (C=O) groups excluding carboxylic acids is 1. The van der Waals surface area contributed by atoms with Crippen molar-refractivity contribution in [1.82, 2.24) is 10.5 Å². The van der Waals surface area contributed by atoms with Crippen LogP contribution >= 0.6 is 0 Å². The van der Waals surface area contributed by atoms with Crippen LogP contribution < -0.4 is 15.0 Å². The Balaban J connectivity index is 1.69. The van der Waals surface area contributed by atoms with Crippen LogP contribution in [-0.2, 0) is 6.54 Å². The molecular weight excluding hydrogens is 342 g/mol. The molecule has 6 heteroatoms. The van der Waals surface area contributed by atoms with Crippen LogP contribution in [0.5, 0.6) is 5.75 Å². The maximum Gasteiger partial charge on any atom is 0.255 e. The van der Waals surface area contributed by atoms with E-state index in [1.54, 1.807) is 6.07 Å². The van der Waals surface area contributed by atoms with Crippen LogP contribution in [-0.4, -0.2) is 31.3 Å². The molecule has 1 amide bonds. The Bertz CT molecular complexity index is 966. The van der Waals surface area contributed by atoms with Gasteiger partial charge in [-0.05, 0) is 30.2 Å². The summed E-state index contributed by atoms with van der Waals surface area (Å²) in [7, 11) is 2.01. The van der Waals surface area contributed by atoms with Gasteiger partial charge in [-0.3, -0.25) is 4.79 Å². The van der Waals surface area contributed by atoms with Gasteiger partial charge in [0.15, 0.2) is 5.75 Å². The number of rotatable bonds is 4. The second-order valence-electron chi connectivity index (χ2n) is 6.62. The van der Waals surface area contributed by atoms with Gasteiger partial charge in [0, 0.05) is 13.1 Å². The van der Waals surface area contributed by atoms with Gasteiger partial charge in [-0.2, -0.15) is 0 Å². The van der Waals surface area contributed by atoms with Gasteiger partial charge >= 0.3 is 0 Å². The van der Waals surface area contributed by atoms with Crippen molar-refractivity contribution in [2.24, 2.45) is 0 Å². The van der Waals surface area contributed by atoms with E-state index < -0.39 is 0 Å². The van der Waals surface area contributed by atoms with E-state index in [0.29, 0.717) is 35.9 Å². The Hall–Kier alpha value is -3.28. The molecule has 27 heavy (non-hydrogen) atoms. The van der Waals surface area contributed by atoms with E-state index in [1.165, 1.54) is 0 Å².